The summed E-state index contributed by atoms with van der Waals surface area (Å²) in [6, 6.07) is -1.72. The zero-order valence-electron chi connectivity index (χ0n) is 46.3. The number of allylic oxidation sites excluding steroid dienone is 6. The molecule has 2 bridgehead atoms. The lowest BCUT2D eigenvalue weighted by molar-refractivity contribution is -0.264. The first kappa shape index (κ1) is 61.7. The van der Waals surface area contributed by atoms with Gasteiger partial charge in [0.2, 0.25) is 15.8 Å². The van der Waals surface area contributed by atoms with Gasteiger partial charge in [-0.15, -0.1) is 0 Å². The van der Waals surface area contributed by atoms with E-state index in [4.69, 9.17) is 28.4 Å². The fraction of sp³-hybridized carbons (Fsp3) is 0.789. The summed E-state index contributed by atoms with van der Waals surface area (Å²) >= 11 is 0. The molecule has 1 saturated carbocycles. The van der Waals surface area contributed by atoms with E-state index in [0.717, 1.165) is 31.3 Å². The number of ether oxygens (including phenoxy) is 6. The minimum Gasteiger partial charge on any atom is -0.461 e. The van der Waals surface area contributed by atoms with Gasteiger partial charge in [-0.3, -0.25) is 14.4 Å². The van der Waals surface area contributed by atoms with Crippen LogP contribution in [-0.2, 0) is 57.6 Å². The van der Waals surface area contributed by atoms with Gasteiger partial charge in [-0.05, 0) is 140 Å². The van der Waals surface area contributed by atoms with E-state index in [9.17, 15) is 37.8 Å². The van der Waals surface area contributed by atoms with Crippen LogP contribution in [0.2, 0.25) is 0 Å². The number of carbonyl (C=O) groups is 4. The van der Waals surface area contributed by atoms with Crippen molar-refractivity contribution in [2.45, 2.75) is 200 Å². The highest BCUT2D eigenvalue weighted by molar-refractivity contribution is 7.89. The number of amides is 1. The first-order valence-corrected chi connectivity index (χ1v) is 29.4. The Balaban J connectivity index is 1.46. The van der Waals surface area contributed by atoms with Crippen LogP contribution >= 0.6 is 0 Å². The van der Waals surface area contributed by atoms with Gasteiger partial charge < -0.3 is 43.5 Å². The van der Waals surface area contributed by atoms with Crippen LogP contribution in [0.15, 0.2) is 47.6 Å². The van der Waals surface area contributed by atoms with Gasteiger partial charge in [0.15, 0.2) is 5.78 Å². The van der Waals surface area contributed by atoms with E-state index in [1.807, 2.05) is 71.1 Å². The lowest BCUT2D eigenvalue weighted by atomic mass is 9.78. The molecule has 1 unspecified atom stereocenters. The highest BCUT2D eigenvalue weighted by Gasteiger charge is 2.53. The Hall–Kier alpha value is -3.13. The van der Waals surface area contributed by atoms with Crippen LogP contribution in [0.4, 0.5) is 0 Å². The number of methoxy groups -OCH3 is 2. The maximum Gasteiger partial charge on any atom is 0.329 e. The maximum absolute atomic E-state index is 14.6. The van der Waals surface area contributed by atoms with Crippen LogP contribution in [0, 0.1) is 35.5 Å². The second kappa shape index (κ2) is 29.0. The van der Waals surface area contributed by atoms with Crippen molar-refractivity contribution in [3.05, 3.63) is 47.6 Å². The van der Waals surface area contributed by atoms with Gasteiger partial charge in [-0.25, -0.2) is 13.2 Å². The van der Waals surface area contributed by atoms with Crippen molar-refractivity contribution in [1.29, 1.82) is 0 Å². The maximum atomic E-state index is 14.6. The van der Waals surface area contributed by atoms with Crippen molar-refractivity contribution >= 4 is 33.5 Å². The number of rotatable bonds is 11. The number of cyclic esters (lactones) is 1. The molecule has 1 amide bonds. The fourth-order valence-corrected chi connectivity index (χ4v) is 13.7. The molecule has 420 valence electrons. The van der Waals surface area contributed by atoms with Gasteiger partial charge in [-0.1, -0.05) is 76.6 Å². The molecule has 0 radical (unpaired) electrons. The Kier molecular flexibility index (Phi) is 24.2. The van der Waals surface area contributed by atoms with Crippen LogP contribution in [0.1, 0.15) is 145 Å². The molecular formula is C57H92N2O14S. The fourth-order valence-electron chi connectivity index (χ4n) is 12.0. The van der Waals surface area contributed by atoms with Crippen molar-refractivity contribution in [1.82, 2.24) is 9.21 Å². The van der Waals surface area contributed by atoms with E-state index in [1.54, 1.807) is 21.0 Å². The molecule has 4 aliphatic heterocycles. The zero-order chi connectivity index (χ0) is 54.3. The quantitative estimate of drug-likeness (QED) is 0.0893. The number of piperidine rings is 1. The Bertz CT molecular complexity index is 2090. The average Bonchev–Trinajstić information content (AvgIpc) is 3.73. The summed E-state index contributed by atoms with van der Waals surface area (Å²) in [5.41, 5.74) is 1.33. The molecule has 5 aliphatic rings. The van der Waals surface area contributed by atoms with Gasteiger partial charge in [0.05, 0.1) is 37.3 Å². The first-order valence-electron chi connectivity index (χ1n) is 27.8. The Morgan fingerprint density at radius 2 is 1.57 bits per heavy atom. The number of aliphatic hydroxyl groups excluding tert-OH is 1. The molecule has 17 heteroatoms. The highest BCUT2D eigenvalue weighted by Crippen LogP contribution is 2.39. The number of sulfonamides is 1. The van der Waals surface area contributed by atoms with Crippen LogP contribution in [0.5, 0.6) is 0 Å². The average molecular weight is 1060 g/mol. The van der Waals surface area contributed by atoms with Crippen molar-refractivity contribution in [2.24, 2.45) is 35.5 Å². The third-order valence-corrected chi connectivity index (χ3v) is 18.4. The second-order valence-electron chi connectivity index (χ2n) is 22.3. The SMILES string of the molecule is CCOCCO[C@@H]1CC[C@@H](C[C@@H](C)[C@@H]2CC[C@H](C)/C=C(\C)[C@@H](O)[C@@H](OC)C(=O)[C@H](C)C[C@H](C)/C=C/C=C/C=C(\C)C(N3CCCS3(=O)=O)C[C@@H]3CC[C@@H](C)[C@@](O)(O3)C(=O)C(=O)N3CCCC[C@H]3C(=O)O2)C[C@H]1OC. The molecule has 4 heterocycles. The minimum atomic E-state index is -3.60. The molecule has 3 saturated heterocycles. The number of Topliss-reactive ketones (excluding diaryl/α,β-unsaturated/α-hetero) is 2. The summed E-state index contributed by atoms with van der Waals surface area (Å²) in [6.07, 6.45) is 15.2. The van der Waals surface area contributed by atoms with E-state index >= 15 is 0 Å². The molecule has 16 nitrogen and oxygen atoms in total. The molecule has 4 fully saturated rings. The smallest absolute Gasteiger partial charge is 0.329 e. The summed E-state index contributed by atoms with van der Waals surface area (Å²) in [4.78, 5) is 58.7. The van der Waals surface area contributed by atoms with Gasteiger partial charge in [-0.2, -0.15) is 4.31 Å². The molecule has 0 aromatic carbocycles. The normalized spacial score (nSPS) is 39.0. The van der Waals surface area contributed by atoms with Crippen LogP contribution in [0.25, 0.3) is 0 Å². The molecule has 5 rings (SSSR count). The Labute approximate surface area is 443 Å². The third kappa shape index (κ3) is 16.5. The molecule has 0 aromatic heterocycles. The molecule has 15 atom stereocenters. The standard InChI is InChI=1S/C57H92N2O14S/c1-11-70-29-30-71-49-26-23-44(35-50(49)68-9)34-40(5)48-25-21-38(3)33-42(7)52(61)53(69-10)51(60)41(6)32-37(2)18-13-12-14-19-39(4)47(59-28-17-31-74(59,66)67)36-45-24-22-43(8)57(65,73-45)54(62)55(63)58-27-16-15-20-46(58)56(64)72-48/h12-14,18-19,33,37-38,40-41,43-50,52-53,61,65H,11,15-17,20-32,34-36H2,1-10H3/b14-12+,18-13+,39-19+,42-33+/t37-,38+,40-,41-,43-,44+,45+,46+,47?,48+,49-,50-,52-,53+,57-/m1/s1. The van der Waals surface area contributed by atoms with E-state index in [0.29, 0.717) is 83.3 Å². The summed E-state index contributed by atoms with van der Waals surface area (Å²) in [7, 11) is -0.465. The zero-order valence-corrected chi connectivity index (χ0v) is 47.1. The van der Waals surface area contributed by atoms with E-state index in [-0.39, 0.29) is 66.8 Å². The van der Waals surface area contributed by atoms with E-state index in [2.05, 4.69) is 6.92 Å². The molecule has 1 aliphatic carbocycles. The third-order valence-electron chi connectivity index (χ3n) is 16.5. The topological polar surface area (TPSA) is 205 Å². The monoisotopic (exact) mass is 1060 g/mol. The molecule has 74 heavy (non-hydrogen) atoms. The first-order chi connectivity index (χ1) is 35.1. The predicted octanol–water partition coefficient (Wildman–Crippen LogP) is 7.45. The Morgan fingerprint density at radius 3 is 2.26 bits per heavy atom. The number of hydrogen-bond acceptors (Lipinski definition) is 14. The summed E-state index contributed by atoms with van der Waals surface area (Å²) in [5.74, 6) is -6.62. The number of aliphatic hydroxyl groups is 2. The van der Waals surface area contributed by atoms with E-state index in [1.165, 1.54) is 16.3 Å². The molecule has 0 aromatic rings. The summed E-state index contributed by atoms with van der Waals surface area (Å²) < 4.78 is 64.4. The minimum absolute atomic E-state index is 0.000743. The van der Waals surface area contributed by atoms with Crippen LogP contribution in [0.3, 0.4) is 0 Å². The largest absolute Gasteiger partial charge is 0.461 e. The summed E-state index contributed by atoms with van der Waals surface area (Å²) in [5, 5.41) is 23.8. The van der Waals surface area contributed by atoms with Gasteiger partial charge in [0, 0.05) is 51.8 Å². The summed E-state index contributed by atoms with van der Waals surface area (Å²) in [6.45, 7) is 17.3. The predicted molar refractivity (Wildman–Crippen MR) is 283 cm³/mol. The Morgan fingerprint density at radius 1 is 0.811 bits per heavy atom. The van der Waals surface area contributed by atoms with Gasteiger partial charge >= 0.3 is 5.97 Å². The highest BCUT2D eigenvalue weighted by atomic mass is 32.2. The van der Waals surface area contributed by atoms with Crippen LogP contribution in [-0.4, -0.2) is 159 Å². The van der Waals surface area contributed by atoms with Crippen molar-refractivity contribution in [3.8, 4) is 0 Å². The van der Waals surface area contributed by atoms with Gasteiger partial charge in [0.25, 0.3) is 11.7 Å². The lowest BCUT2D eigenvalue weighted by Crippen LogP contribution is -2.61. The van der Waals surface area contributed by atoms with Crippen molar-refractivity contribution < 1.29 is 66.2 Å². The number of hydrogen-bond donors (Lipinski definition) is 2. The number of ketones is 2. The molecule has 2 N–H and O–H groups in total. The lowest BCUT2D eigenvalue weighted by Gasteiger charge is -2.43. The van der Waals surface area contributed by atoms with E-state index < -0.39 is 81.8 Å². The number of fused-ring (bicyclic) bond motifs is 3. The second-order valence-corrected chi connectivity index (χ2v) is 24.3. The van der Waals surface area contributed by atoms with Gasteiger partial charge in [0.1, 0.15) is 24.4 Å². The molecular weight excluding hydrogens is 969 g/mol. The molecule has 0 spiro atoms. The number of carbonyl (C=O) groups excluding carboxylic acids is 4. The van der Waals surface area contributed by atoms with Crippen molar-refractivity contribution in [2.75, 3.05) is 52.9 Å². The van der Waals surface area contributed by atoms with Crippen LogP contribution < -0.4 is 0 Å². The number of nitrogens with zero attached hydrogens (tertiary/aromatic N) is 2. The van der Waals surface area contributed by atoms with Crippen molar-refractivity contribution in [3.63, 3.8) is 0 Å². The number of esters is 1.